The molecule has 0 bridgehead atoms. The molecule has 0 amide bonds. The number of oxazole rings is 1. The van der Waals surface area contributed by atoms with Crippen LogP contribution in [0.4, 0.5) is 0 Å². The van der Waals surface area contributed by atoms with Gasteiger partial charge in [-0.15, -0.1) is 0 Å². The number of aliphatic hydroxyl groups excluding tert-OH is 1. The van der Waals surface area contributed by atoms with Crippen LogP contribution in [0, 0.1) is 6.92 Å². The summed E-state index contributed by atoms with van der Waals surface area (Å²) in [7, 11) is 2.06. The fourth-order valence-corrected chi connectivity index (χ4v) is 3.58. The quantitative estimate of drug-likeness (QED) is 0.691. The van der Waals surface area contributed by atoms with E-state index in [1.165, 1.54) is 0 Å². The third-order valence-electron chi connectivity index (χ3n) is 5.40. The molecule has 1 fully saturated rings. The van der Waals surface area contributed by atoms with Crippen LogP contribution in [0.2, 0.25) is 0 Å². The first-order valence-electron chi connectivity index (χ1n) is 9.95. The first-order chi connectivity index (χ1) is 14.1. The average molecular weight is 393 g/mol. The summed E-state index contributed by atoms with van der Waals surface area (Å²) in [6, 6.07) is 17.7. The zero-order valence-corrected chi connectivity index (χ0v) is 16.9. The van der Waals surface area contributed by atoms with Crippen LogP contribution < -0.4 is 4.74 Å². The maximum absolute atomic E-state index is 9.57. The smallest absolute Gasteiger partial charge is 0.226 e. The van der Waals surface area contributed by atoms with Gasteiger partial charge < -0.3 is 14.3 Å². The van der Waals surface area contributed by atoms with E-state index >= 15 is 0 Å². The Morgan fingerprint density at radius 1 is 1.10 bits per heavy atom. The zero-order valence-electron chi connectivity index (χ0n) is 16.9. The molecule has 1 saturated heterocycles. The molecule has 1 unspecified atom stereocenters. The van der Waals surface area contributed by atoms with E-state index in [-0.39, 0.29) is 12.6 Å². The summed E-state index contributed by atoms with van der Waals surface area (Å²) in [5.74, 6) is 2.97. The van der Waals surface area contributed by atoms with Gasteiger partial charge in [0.2, 0.25) is 5.89 Å². The highest BCUT2D eigenvalue weighted by Gasteiger charge is 2.25. The molecular weight excluding hydrogens is 366 g/mol. The molecule has 3 aromatic rings. The summed E-state index contributed by atoms with van der Waals surface area (Å²) >= 11 is 0. The number of rotatable bonds is 6. The molecule has 0 aliphatic carbocycles. The fourth-order valence-electron chi connectivity index (χ4n) is 3.58. The Morgan fingerprint density at radius 2 is 1.90 bits per heavy atom. The van der Waals surface area contributed by atoms with E-state index < -0.39 is 0 Å². The fraction of sp³-hybridized carbons (Fsp3) is 0.348. The van der Waals surface area contributed by atoms with Gasteiger partial charge in [-0.25, -0.2) is 4.98 Å². The molecule has 2 heterocycles. The summed E-state index contributed by atoms with van der Waals surface area (Å²) in [4.78, 5) is 9.28. The lowest BCUT2D eigenvalue weighted by molar-refractivity contribution is 0.0533. The molecule has 2 aromatic carbocycles. The van der Waals surface area contributed by atoms with Crippen molar-refractivity contribution in [2.45, 2.75) is 19.5 Å². The van der Waals surface area contributed by atoms with E-state index in [1.54, 1.807) is 0 Å². The van der Waals surface area contributed by atoms with Gasteiger partial charge in [0.25, 0.3) is 0 Å². The SMILES string of the molecule is Cc1oc(-c2cccc(Oc3ccccc3)c2)nc1CN1CCN(C)C(CO)C1. The van der Waals surface area contributed by atoms with Crippen LogP contribution in [0.3, 0.4) is 0 Å². The van der Waals surface area contributed by atoms with E-state index in [1.807, 2.05) is 61.5 Å². The second-order valence-corrected chi connectivity index (χ2v) is 7.52. The van der Waals surface area contributed by atoms with Gasteiger partial charge in [-0.1, -0.05) is 24.3 Å². The van der Waals surface area contributed by atoms with Crippen LogP contribution in [0.5, 0.6) is 11.5 Å². The average Bonchev–Trinajstić information content (AvgIpc) is 3.11. The Balaban J connectivity index is 1.48. The lowest BCUT2D eigenvalue weighted by atomic mass is 10.2. The topological polar surface area (TPSA) is 62.0 Å². The standard InChI is InChI=1S/C23H27N3O3/c1-17-22(15-26-12-11-25(2)19(14-26)16-27)24-23(28-17)18-7-6-10-21(13-18)29-20-8-4-3-5-9-20/h3-10,13,19,27H,11-12,14-16H2,1-2H3. The highest BCUT2D eigenvalue weighted by molar-refractivity contribution is 5.57. The lowest BCUT2D eigenvalue weighted by Gasteiger charge is -2.38. The number of hydrogen-bond acceptors (Lipinski definition) is 6. The van der Waals surface area contributed by atoms with Gasteiger partial charge in [-0.2, -0.15) is 0 Å². The molecule has 4 rings (SSSR count). The number of aliphatic hydroxyl groups is 1. The number of hydrogen-bond donors (Lipinski definition) is 1. The van der Waals surface area contributed by atoms with Gasteiger partial charge >= 0.3 is 0 Å². The third-order valence-corrected chi connectivity index (χ3v) is 5.40. The van der Waals surface area contributed by atoms with Crippen molar-refractivity contribution in [1.29, 1.82) is 0 Å². The molecule has 1 aliphatic rings. The number of nitrogens with zero attached hydrogens (tertiary/aromatic N) is 3. The van der Waals surface area contributed by atoms with Crippen molar-refractivity contribution in [1.82, 2.24) is 14.8 Å². The summed E-state index contributed by atoms with van der Waals surface area (Å²) in [5.41, 5.74) is 1.83. The van der Waals surface area contributed by atoms with Crippen LogP contribution in [-0.4, -0.2) is 59.2 Å². The Labute approximate surface area is 171 Å². The summed E-state index contributed by atoms with van der Waals surface area (Å²) in [6.45, 7) is 5.57. The van der Waals surface area contributed by atoms with Crippen molar-refractivity contribution in [3.63, 3.8) is 0 Å². The maximum atomic E-state index is 9.57. The molecule has 6 heteroatoms. The number of aryl methyl sites for hydroxylation is 1. The highest BCUT2D eigenvalue weighted by atomic mass is 16.5. The van der Waals surface area contributed by atoms with Gasteiger partial charge in [0.15, 0.2) is 0 Å². The Bertz CT molecular complexity index is 942. The molecule has 29 heavy (non-hydrogen) atoms. The van der Waals surface area contributed by atoms with E-state index in [0.717, 1.165) is 54.7 Å². The first kappa shape index (κ1) is 19.6. The van der Waals surface area contributed by atoms with Gasteiger partial charge in [-0.05, 0) is 44.3 Å². The van der Waals surface area contributed by atoms with Crippen molar-refractivity contribution >= 4 is 0 Å². The van der Waals surface area contributed by atoms with Crippen LogP contribution in [0.15, 0.2) is 59.0 Å². The number of benzene rings is 2. The summed E-state index contributed by atoms with van der Waals surface area (Å²) < 4.78 is 11.9. The van der Waals surface area contributed by atoms with Gasteiger partial charge in [-0.3, -0.25) is 9.80 Å². The molecule has 0 radical (unpaired) electrons. The second kappa shape index (κ2) is 8.78. The molecular formula is C23H27N3O3. The van der Waals surface area contributed by atoms with Crippen LogP contribution in [-0.2, 0) is 6.54 Å². The Morgan fingerprint density at radius 3 is 2.69 bits per heavy atom. The van der Waals surface area contributed by atoms with E-state index in [4.69, 9.17) is 14.1 Å². The summed E-state index contributed by atoms with van der Waals surface area (Å²) in [6.07, 6.45) is 0. The normalized spacial score (nSPS) is 18.1. The van der Waals surface area contributed by atoms with Crippen molar-refractivity contribution in [3.8, 4) is 23.0 Å². The van der Waals surface area contributed by atoms with Gasteiger partial charge in [0, 0.05) is 37.8 Å². The van der Waals surface area contributed by atoms with Crippen LogP contribution >= 0.6 is 0 Å². The monoisotopic (exact) mass is 393 g/mol. The van der Waals surface area contributed by atoms with E-state index in [9.17, 15) is 5.11 Å². The number of para-hydroxylation sites is 1. The lowest BCUT2D eigenvalue weighted by Crippen LogP contribution is -2.52. The number of piperazine rings is 1. The molecule has 6 nitrogen and oxygen atoms in total. The molecule has 152 valence electrons. The van der Waals surface area contributed by atoms with Crippen molar-refractivity contribution in [3.05, 3.63) is 66.1 Å². The number of aromatic nitrogens is 1. The largest absolute Gasteiger partial charge is 0.457 e. The van der Waals surface area contributed by atoms with Crippen LogP contribution in [0.1, 0.15) is 11.5 Å². The first-order valence-corrected chi connectivity index (χ1v) is 9.95. The van der Waals surface area contributed by atoms with Crippen molar-refractivity contribution < 1.29 is 14.3 Å². The summed E-state index contributed by atoms with van der Waals surface area (Å²) in [5, 5.41) is 9.57. The minimum atomic E-state index is 0.169. The van der Waals surface area contributed by atoms with Crippen molar-refractivity contribution in [2.24, 2.45) is 0 Å². The van der Waals surface area contributed by atoms with E-state index in [2.05, 4.69) is 16.8 Å². The van der Waals surface area contributed by atoms with E-state index in [0.29, 0.717) is 5.89 Å². The Kier molecular flexibility index (Phi) is 5.94. The molecule has 0 spiro atoms. The molecule has 1 atom stereocenters. The highest BCUT2D eigenvalue weighted by Crippen LogP contribution is 2.28. The minimum absolute atomic E-state index is 0.169. The van der Waals surface area contributed by atoms with Gasteiger partial charge in [0.05, 0.1) is 12.3 Å². The zero-order chi connectivity index (χ0) is 20.2. The molecule has 1 aliphatic heterocycles. The number of likely N-dealkylation sites (N-methyl/N-ethyl adjacent to an activating group) is 1. The number of ether oxygens (including phenoxy) is 1. The Hall–Kier alpha value is -2.67. The van der Waals surface area contributed by atoms with Gasteiger partial charge in [0.1, 0.15) is 17.3 Å². The minimum Gasteiger partial charge on any atom is -0.457 e. The molecule has 1 N–H and O–H groups in total. The second-order valence-electron chi connectivity index (χ2n) is 7.52. The molecule has 0 saturated carbocycles. The molecule has 1 aromatic heterocycles. The third kappa shape index (κ3) is 4.67. The van der Waals surface area contributed by atoms with Crippen molar-refractivity contribution in [2.75, 3.05) is 33.3 Å². The van der Waals surface area contributed by atoms with Crippen LogP contribution in [0.25, 0.3) is 11.5 Å². The predicted octanol–water partition coefficient (Wildman–Crippen LogP) is 3.55. The maximum Gasteiger partial charge on any atom is 0.226 e. The predicted molar refractivity (Wildman–Crippen MR) is 112 cm³/mol.